The molecule has 0 aliphatic heterocycles. The van der Waals surface area contributed by atoms with Crippen molar-refractivity contribution in [2.24, 2.45) is 0 Å². The molecule has 1 aromatic carbocycles. The molecule has 23 heavy (non-hydrogen) atoms. The Bertz CT molecular complexity index is 783. The molecule has 7 nitrogen and oxygen atoms in total. The van der Waals surface area contributed by atoms with Crippen molar-refractivity contribution < 1.29 is 13.2 Å². The van der Waals surface area contributed by atoms with Crippen LogP contribution in [0, 0.1) is 0 Å². The monoisotopic (exact) mass is 338 g/mol. The van der Waals surface area contributed by atoms with E-state index in [1.165, 1.54) is 10.6 Å². The van der Waals surface area contributed by atoms with Crippen molar-refractivity contribution in [1.29, 1.82) is 0 Å². The molecule has 0 atom stereocenters. The van der Waals surface area contributed by atoms with Crippen molar-refractivity contribution in [3.05, 3.63) is 30.0 Å². The maximum atomic E-state index is 12.2. The maximum Gasteiger partial charge on any atom is 0.253 e. The van der Waals surface area contributed by atoms with Gasteiger partial charge in [-0.1, -0.05) is 12.1 Å². The van der Waals surface area contributed by atoms with Gasteiger partial charge in [0.15, 0.2) is 0 Å². The summed E-state index contributed by atoms with van der Waals surface area (Å²) in [6.07, 6.45) is 3.42. The molecule has 0 spiro atoms. The van der Waals surface area contributed by atoms with Gasteiger partial charge in [0.05, 0.1) is 23.5 Å². The van der Waals surface area contributed by atoms with E-state index in [0.29, 0.717) is 30.6 Å². The lowest BCUT2D eigenvalue weighted by Crippen LogP contribution is -2.38. The van der Waals surface area contributed by atoms with Crippen molar-refractivity contribution in [1.82, 2.24) is 19.8 Å². The van der Waals surface area contributed by atoms with Gasteiger partial charge in [-0.3, -0.25) is 9.89 Å². The second-order valence-electron chi connectivity index (χ2n) is 5.72. The van der Waals surface area contributed by atoms with Gasteiger partial charge in [0.1, 0.15) is 0 Å². The second-order valence-corrected chi connectivity index (χ2v) is 7.65. The number of para-hydroxylation sites is 1. The first-order valence-corrected chi connectivity index (χ1v) is 9.32. The number of hydrogen-bond donors (Lipinski definition) is 2. The van der Waals surface area contributed by atoms with Crippen LogP contribution in [-0.2, 0) is 10.0 Å². The number of amides is 1. The largest absolute Gasteiger partial charge is 0.352 e. The zero-order valence-electron chi connectivity index (χ0n) is 13.5. The third kappa shape index (κ3) is 4.29. The third-order valence-corrected chi connectivity index (χ3v) is 5.02. The predicted molar refractivity (Wildman–Crippen MR) is 89.7 cm³/mol. The Morgan fingerprint density at radius 1 is 1.39 bits per heavy atom. The molecule has 2 N–H and O–H groups in total. The van der Waals surface area contributed by atoms with Crippen LogP contribution in [0.15, 0.2) is 24.4 Å². The van der Waals surface area contributed by atoms with E-state index in [-0.39, 0.29) is 11.9 Å². The maximum absolute atomic E-state index is 12.2. The highest BCUT2D eigenvalue weighted by atomic mass is 32.2. The molecule has 1 heterocycles. The van der Waals surface area contributed by atoms with Crippen LogP contribution < -0.4 is 5.32 Å². The number of benzene rings is 1. The smallest absolute Gasteiger partial charge is 0.253 e. The predicted octanol–water partition coefficient (Wildman–Crippen LogP) is 1.35. The van der Waals surface area contributed by atoms with E-state index in [1.807, 2.05) is 19.9 Å². The summed E-state index contributed by atoms with van der Waals surface area (Å²) >= 11 is 0. The average molecular weight is 338 g/mol. The molecule has 0 fully saturated rings. The van der Waals surface area contributed by atoms with Crippen LogP contribution in [-0.4, -0.2) is 54.2 Å². The zero-order chi connectivity index (χ0) is 17.0. The number of carbonyl (C=O) groups excluding carboxylic acids is 1. The van der Waals surface area contributed by atoms with E-state index in [4.69, 9.17) is 0 Å². The second kappa shape index (κ2) is 7.10. The summed E-state index contributed by atoms with van der Waals surface area (Å²) in [7, 11) is -3.23. The molecule has 0 radical (unpaired) electrons. The van der Waals surface area contributed by atoms with Crippen LogP contribution in [0.3, 0.4) is 0 Å². The molecule has 8 heteroatoms. The molecular weight excluding hydrogens is 316 g/mol. The highest BCUT2D eigenvalue weighted by Crippen LogP contribution is 2.15. The third-order valence-electron chi connectivity index (χ3n) is 3.56. The van der Waals surface area contributed by atoms with Gasteiger partial charge in [0, 0.05) is 24.5 Å². The molecule has 2 aromatic rings. The molecule has 0 saturated heterocycles. The van der Waals surface area contributed by atoms with Crippen molar-refractivity contribution in [2.45, 2.75) is 26.3 Å². The number of sulfonamides is 1. The van der Waals surface area contributed by atoms with E-state index < -0.39 is 10.0 Å². The van der Waals surface area contributed by atoms with E-state index >= 15 is 0 Å². The van der Waals surface area contributed by atoms with Crippen LogP contribution in [0.4, 0.5) is 0 Å². The Morgan fingerprint density at radius 3 is 2.78 bits per heavy atom. The summed E-state index contributed by atoms with van der Waals surface area (Å²) in [4.78, 5) is 12.2. The number of hydrogen-bond acceptors (Lipinski definition) is 4. The molecule has 0 aliphatic rings. The van der Waals surface area contributed by atoms with Gasteiger partial charge in [-0.25, -0.2) is 8.42 Å². The number of nitrogens with one attached hydrogen (secondary N) is 2. The summed E-state index contributed by atoms with van der Waals surface area (Å²) < 4.78 is 24.8. The van der Waals surface area contributed by atoms with Crippen molar-refractivity contribution >= 4 is 26.8 Å². The van der Waals surface area contributed by atoms with Gasteiger partial charge >= 0.3 is 0 Å². The first-order chi connectivity index (χ1) is 10.8. The molecule has 0 aliphatic carbocycles. The van der Waals surface area contributed by atoms with Gasteiger partial charge in [0.2, 0.25) is 10.0 Å². The SMILES string of the molecule is CC(C)N(CCCNC(=O)c1cccc2cn[nH]c12)S(C)(=O)=O. The van der Waals surface area contributed by atoms with Gasteiger partial charge < -0.3 is 5.32 Å². The average Bonchev–Trinajstić information content (AvgIpc) is 2.93. The van der Waals surface area contributed by atoms with Gasteiger partial charge in [-0.15, -0.1) is 0 Å². The lowest BCUT2D eigenvalue weighted by molar-refractivity contribution is 0.0954. The standard InChI is InChI=1S/C15H22N4O3S/c1-11(2)19(23(3,21)22)9-5-8-16-15(20)13-7-4-6-12-10-17-18-14(12)13/h4,6-7,10-11H,5,8-9H2,1-3H3,(H,16,20)(H,17,18). The Labute approximate surface area is 136 Å². The van der Waals surface area contributed by atoms with Gasteiger partial charge in [0.25, 0.3) is 5.91 Å². The minimum Gasteiger partial charge on any atom is -0.352 e. The zero-order valence-corrected chi connectivity index (χ0v) is 14.4. The Hall–Kier alpha value is -1.93. The van der Waals surface area contributed by atoms with Crippen LogP contribution in [0.25, 0.3) is 10.9 Å². The van der Waals surface area contributed by atoms with E-state index in [2.05, 4.69) is 15.5 Å². The molecule has 1 amide bonds. The number of rotatable bonds is 7. The van der Waals surface area contributed by atoms with Gasteiger partial charge in [-0.2, -0.15) is 9.40 Å². The summed E-state index contributed by atoms with van der Waals surface area (Å²) in [6.45, 7) is 4.45. The Balaban J connectivity index is 1.92. The summed E-state index contributed by atoms with van der Waals surface area (Å²) in [5.74, 6) is -0.199. The molecular formula is C15H22N4O3S. The fraction of sp³-hybridized carbons (Fsp3) is 0.467. The number of aromatic nitrogens is 2. The van der Waals surface area contributed by atoms with Gasteiger partial charge in [-0.05, 0) is 26.3 Å². The van der Waals surface area contributed by atoms with Crippen molar-refractivity contribution in [2.75, 3.05) is 19.3 Å². The Kier molecular flexibility index (Phi) is 5.38. The molecule has 0 saturated carbocycles. The first kappa shape index (κ1) is 17.4. The van der Waals surface area contributed by atoms with Crippen LogP contribution >= 0.6 is 0 Å². The van der Waals surface area contributed by atoms with Crippen molar-refractivity contribution in [3.63, 3.8) is 0 Å². The minimum absolute atomic E-state index is 0.0977. The lowest BCUT2D eigenvalue weighted by Gasteiger charge is -2.23. The van der Waals surface area contributed by atoms with Crippen molar-refractivity contribution in [3.8, 4) is 0 Å². The van der Waals surface area contributed by atoms with Crippen LogP contribution in [0.1, 0.15) is 30.6 Å². The highest BCUT2D eigenvalue weighted by molar-refractivity contribution is 7.88. The van der Waals surface area contributed by atoms with E-state index in [0.717, 1.165) is 5.39 Å². The summed E-state index contributed by atoms with van der Waals surface area (Å²) in [5.41, 5.74) is 1.23. The summed E-state index contributed by atoms with van der Waals surface area (Å²) in [6, 6.07) is 5.31. The lowest BCUT2D eigenvalue weighted by atomic mass is 10.1. The number of H-pyrrole nitrogens is 1. The summed E-state index contributed by atoms with van der Waals surface area (Å²) in [5, 5.41) is 10.4. The first-order valence-electron chi connectivity index (χ1n) is 7.48. The Morgan fingerprint density at radius 2 is 2.13 bits per heavy atom. The molecule has 0 unspecified atom stereocenters. The fourth-order valence-electron chi connectivity index (χ4n) is 2.50. The molecule has 2 rings (SSSR count). The number of nitrogens with zero attached hydrogens (tertiary/aromatic N) is 2. The molecule has 0 bridgehead atoms. The van der Waals surface area contributed by atoms with E-state index in [9.17, 15) is 13.2 Å². The normalized spacial score (nSPS) is 12.2. The van der Waals surface area contributed by atoms with E-state index in [1.54, 1.807) is 18.3 Å². The highest BCUT2D eigenvalue weighted by Gasteiger charge is 2.19. The van der Waals surface area contributed by atoms with Crippen LogP contribution in [0.5, 0.6) is 0 Å². The fourth-order valence-corrected chi connectivity index (χ4v) is 3.72. The molecule has 126 valence electrons. The number of fused-ring (bicyclic) bond motifs is 1. The molecule has 1 aromatic heterocycles. The number of aromatic amines is 1. The van der Waals surface area contributed by atoms with Crippen LogP contribution in [0.2, 0.25) is 0 Å². The topological polar surface area (TPSA) is 95.2 Å². The number of carbonyl (C=O) groups is 1. The minimum atomic E-state index is -3.23. The quantitative estimate of drug-likeness (QED) is 0.745.